The van der Waals surface area contributed by atoms with Crippen LogP contribution < -0.4 is 10.6 Å². The van der Waals surface area contributed by atoms with Crippen LogP contribution in [0.25, 0.3) is 21.9 Å². The Morgan fingerprint density at radius 1 is 1.24 bits per heavy atom. The number of aromatic nitrogens is 1. The van der Waals surface area contributed by atoms with Crippen LogP contribution in [0.15, 0.2) is 45.7 Å². The predicted octanol–water partition coefficient (Wildman–Crippen LogP) is 1.63. The van der Waals surface area contributed by atoms with Crippen molar-refractivity contribution in [3.8, 4) is 6.07 Å². The number of nitrogens with zero attached hydrogens (tertiary/aromatic N) is 1. The van der Waals surface area contributed by atoms with E-state index in [1.807, 2.05) is 0 Å². The minimum Gasteiger partial charge on any atom is -0.422 e. The Kier molecular flexibility index (Phi) is 1.92. The standard InChI is InChI=1S/C13H6N2O2/c14-7-8-3-4-11-10(6-8)12-9(13(16)17-11)2-1-5-15-12/h1-6H/p+1. The monoisotopic (exact) mass is 223 g/mol. The summed E-state index contributed by atoms with van der Waals surface area (Å²) in [5.74, 6) is 0. The van der Waals surface area contributed by atoms with E-state index in [0.717, 1.165) is 5.39 Å². The van der Waals surface area contributed by atoms with E-state index < -0.39 is 0 Å². The molecule has 0 unspecified atom stereocenters. The summed E-state index contributed by atoms with van der Waals surface area (Å²) in [6.07, 6.45) is 1.74. The van der Waals surface area contributed by atoms with Crippen molar-refractivity contribution in [2.24, 2.45) is 0 Å². The van der Waals surface area contributed by atoms with Crippen molar-refractivity contribution >= 4 is 21.9 Å². The van der Waals surface area contributed by atoms with Crippen LogP contribution in [0, 0.1) is 11.3 Å². The number of hydrogen-bond acceptors (Lipinski definition) is 3. The van der Waals surface area contributed by atoms with Gasteiger partial charge in [-0.2, -0.15) is 5.26 Å². The Morgan fingerprint density at radius 2 is 2.12 bits per heavy atom. The van der Waals surface area contributed by atoms with Crippen LogP contribution in [0.4, 0.5) is 0 Å². The van der Waals surface area contributed by atoms with Crippen molar-refractivity contribution in [3.63, 3.8) is 0 Å². The van der Waals surface area contributed by atoms with Gasteiger partial charge in [0.2, 0.25) is 5.52 Å². The first-order chi connectivity index (χ1) is 8.29. The molecule has 3 rings (SSSR count). The number of H-pyrrole nitrogens is 1. The number of hydrogen-bond donors (Lipinski definition) is 0. The van der Waals surface area contributed by atoms with Crippen LogP contribution in [0.2, 0.25) is 0 Å². The van der Waals surface area contributed by atoms with Gasteiger partial charge in [0.1, 0.15) is 11.0 Å². The highest BCUT2D eigenvalue weighted by Crippen LogP contribution is 2.20. The first-order valence-electron chi connectivity index (χ1n) is 5.07. The molecule has 0 spiro atoms. The largest absolute Gasteiger partial charge is 0.422 e. The molecule has 1 aromatic carbocycles. The molecular weight excluding hydrogens is 216 g/mol. The molecule has 0 bridgehead atoms. The highest BCUT2D eigenvalue weighted by Gasteiger charge is 2.12. The molecule has 0 atom stereocenters. The fraction of sp³-hybridized carbons (Fsp3) is 0. The molecule has 3 aromatic rings. The molecule has 0 fully saturated rings. The fourth-order valence-electron chi connectivity index (χ4n) is 1.87. The van der Waals surface area contributed by atoms with E-state index in [4.69, 9.17) is 9.68 Å². The number of benzene rings is 1. The second-order valence-electron chi connectivity index (χ2n) is 3.67. The zero-order valence-electron chi connectivity index (χ0n) is 8.73. The maximum absolute atomic E-state index is 11.7. The number of fused-ring (bicyclic) bond motifs is 3. The zero-order chi connectivity index (χ0) is 11.8. The van der Waals surface area contributed by atoms with Gasteiger partial charge in [0, 0.05) is 6.07 Å². The second kappa shape index (κ2) is 3.42. The third-order valence-electron chi connectivity index (χ3n) is 2.66. The molecule has 0 aliphatic heterocycles. The summed E-state index contributed by atoms with van der Waals surface area (Å²) in [4.78, 5) is 14.7. The van der Waals surface area contributed by atoms with E-state index in [9.17, 15) is 4.79 Å². The number of nitriles is 1. The molecule has 0 radical (unpaired) electrons. The van der Waals surface area contributed by atoms with Gasteiger partial charge in [0.05, 0.1) is 17.0 Å². The topological polar surface area (TPSA) is 68.1 Å². The van der Waals surface area contributed by atoms with Crippen molar-refractivity contribution in [1.29, 1.82) is 5.26 Å². The van der Waals surface area contributed by atoms with Crippen LogP contribution in [0.1, 0.15) is 5.56 Å². The highest BCUT2D eigenvalue weighted by atomic mass is 16.4. The maximum atomic E-state index is 11.7. The minimum absolute atomic E-state index is 0.381. The SMILES string of the molecule is N#Cc1ccc2oc(=O)c3ccc[nH+]c3c2c1. The molecule has 0 aliphatic carbocycles. The van der Waals surface area contributed by atoms with Gasteiger partial charge in [0.25, 0.3) is 0 Å². The first-order valence-corrected chi connectivity index (χ1v) is 5.07. The lowest BCUT2D eigenvalue weighted by atomic mass is 10.1. The van der Waals surface area contributed by atoms with Gasteiger partial charge in [-0.1, -0.05) is 0 Å². The lowest BCUT2D eigenvalue weighted by Crippen LogP contribution is -2.09. The average molecular weight is 223 g/mol. The normalized spacial score (nSPS) is 10.5. The predicted molar refractivity (Wildman–Crippen MR) is 61.3 cm³/mol. The van der Waals surface area contributed by atoms with Gasteiger partial charge < -0.3 is 4.42 Å². The third kappa shape index (κ3) is 1.37. The van der Waals surface area contributed by atoms with E-state index in [1.165, 1.54) is 0 Å². The highest BCUT2D eigenvalue weighted by molar-refractivity contribution is 5.99. The summed E-state index contributed by atoms with van der Waals surface area (Å²) < 4.78 is 5.19. The van der Waals surface area contributed by atoms with Crippen molar-refractivity contribution < 1.29 is 9.40 Å². The molecule has 17 heavy (non-hydrogen) atoms. The lowest BCUT2D eigenvalue weighted by Gasteiger charge is -1.97. The number of nitrogens with one attached hydrogen (secondary N) is 1. The van der Waals surface area contributed by atoms with E-state index in [2.05, 4.69) is 11.1 Å². The summed E-state index contributed by atoms with van der Waals surface area (Å²) in [6, 6.07) is 10.5. The molecule has 2 heterocycles. The summed E-state index contributed by atoms with van der Waals surface area (Å²) >= 11 is 0. The number of rotatable bonds is 0. The van der Waals surface area contributed by atoms with E-state index in [0.29, 0.717) is 22.0 Å². The summed E-state index contributed by atoms with van der Waals surface area (Å²) in [5.41, 5.74) is 1.32. The van der Waals surface area contributed by atoms with Crippen LogP contribution in [0.5, 0.6) is 0 Å². The number of aromatic amines is 1. The van der Waals surface area contributed by atoms with E-state index in [-0.39, 0.29) is 5.63 Å². The van der Waals surface area contributed by atoms with Gasteiger partial charge in [0.15, 0.2) is 6.20 Å². The fourth-order valence-corrected chi connectivity index (χ4v) is 1.87. The van der Waals surface area contributed by atoms with Crippen LogP contribution in [0.3, 0.4) is 0 Å². The summed E-state index contributed by atoms with van der Waals surface area (Å²) in [5, 5.41) is 10.1. The second-order valence-corrected chi connectivity index (χ2v) is 3.67. The van der Waals surface area contributed by atoms with E-state index in [1.54, 1.807) is 36.5 Å². The Labute approximate surface area is 95.7 Å². The van der Waals surface area contributed by atoms with Crippen LogP contribution in [-0.4, -0.2) is 0 Å². The molecule has 4 heteroatoms. The molecule has 2 aromatic heterocycles. The molecule has 0 amide bonds. The van der Waals surface area contributed by atoms with Gasteiger partial charge in [-0.3, -0.25) is 0 Å². The van der Waals surface area contributed by atoms with Gasteiger partial charge in [-0.05, 0) is 24.3 Å². The Hall–Kier alpha value is -2.67. The number of pyridine rings is 1. The zero-order valence-corrected chi connectivity index (χ0v) is 8.73. The van der Waals surface area contributed by atoms with Crippen molar-refractivity contribution in [2.45, 2.75) is 0 Å². The Morgan fingerprint density at radius 3 is 2.94 bits per heavy atom. The van der Waals surface area contributed by atoms with Crippen LogP contribution in [-0.2, 0) is 0 Å². The summed E-state index contributed by atoms with van der Waals surface area (Å²) in [7, 11) is 0. The summed E-state index contributed by atoms with van der Waals surface area (Å²) in [6.45, 7) is 0. The molecular formula is C13H7N2O2+. The maximum Gasteiger partial charge on any atom is 0.350 e. The molecule has 0 saturated heterocycles. The molecule has 4 nitrogen and oxygen atoms in total. The lowest BCUT2D eigenvalue weighted by molar-refractivity contribution is -0.343. The Balaban J connectivity index is 2.61. The first kappa shape index (κ1) is 9.55. The van der Waals surface area contributed by atoms with Crippen molar-refractivity contribution in [1.82, 2.24) is 0 Å². The van der Waals surface area contributed by atoms with Gasteiger partial charge >= 0.3 is 5.63 Å². The quantitative estimate of drug-likeness (QED) is 0.429. The van der Waals surface area contributed by atoms with Gasteiger partial charge in [-0.15, -0.1) is 0 Å². The average Bonchev–Trinajstić information content (AvgIpc) is 2.39. The van der Waals surface area contributed by atoms with E-state index >= 15 is 0 Å². The van der Waals surface area contributed by atoms with Crippen LogP contribution >= 0.6 is 0 Å². The molecule has 1 N–H and O–H groups in total. The van der Waals surface area contributed by atoms with Crippen molar-refractivity contribution in [3.05, 3.63) is 52.5 Å². The Bertz CT molecular complexity index is 828. The van der Waals surface area contributed by atoms with Gasteiger partial charge in [-0.25, -0.2) is 9.78 Å². The third-order valence-corrected chi connectivity index (χ3v) is 2.66. The van der Waals surface area contributed by atoms with Crippen molar-refractivity contribution in [2.75, 3.05) is 0 Å². The molecule has 0 saturated carbocycles. The molecule has 80 valence electrons. The smallest absolute Gasteiger partial charge is 0.350 e. The molecule has 0 aliphatic rings. The minimum atomic E-state index is -0.381.